The predicted octanol–water partition coefficient (Wildman–Crippen LogP) is 8.31. The molecule has 0 aromatic heterocycles. The lowest BCUT2D eigenvalue weighted by Crippen LogP contribution is -2.56. The number of allylic oxidation sites excluding steroid dienone is 1. The number of carbonyl (C=O) groups is 5. The van der Waals surface area contributed by atoms with E-state index in [0.29, 0.717) is 36.4 Å². The lowest BCUT2D eigenvalue weighted by molar-refractivity contribution is -0.180. The van der Waals surface area contributed by atoms with Crippen LogP contribution in [0.1, 0.15) is 158 Å². The molecule has 0 saturated carbocycles. The average molecular weight is 774 g/mol. The molecule has 0 spiro atoms. The summed E-state index contributed by atoms with van der Waals surface area (Å²) in [6.45, 7) is 18.0. The number of nitrogens with one attached hydrogen (secondary N) is 1. The van der Waals surface area contributed by atoms with Crippen molar-refractivity contribution >= 4 is 29.6 Å². The lowest BCUT2D eigenvalue weighted by Gasteiger charge is -2.33. The van der Waals surface area contributed by atoms with Crippen LogP contribution in [0.3, 0.4) is 0 Å². The number of ether oxygens (including phenoxy) is 4. The Balaban J connectivity index is 3.28. The van der Waals surface area contributed by atoms with E-state index < -0.39 is 64.6 Å². The zero-order valence-electron chi connectivity index (χ0n) is 35.6. The molecule has 1 rings (SSSR count). The topological polar surface area (TPSA) is 155 Å². The van der Waals surface area contributed by atoms with Crippen LogP contribution < -0.4 is 10.1 Å². The largest absolute Gasteiger partial charge is 0.488 e. The molecule has 55 heavy (non-hydrogen) atoms. The third-order valence-corrected chi connectivity index (χ3v) is 8.43. The number of hydrogen-bond acceptors (Lipinski definition) is 10. The quantitative estimate of drug-likeness (QED) is 0.0454. The fourth-order valence-corrected chi connectivity index (χ4v) is 5.88. The van der Waals surface area contributed by atoms with Gasteiger partial charge in [-0.1, -0.05) is 69.7 Å². The number of rotatable bonds is 24. The fourth-order valence-electron chi connectivity index (χ4n) is 5.88. The number of esters is 3. The molecule has 0 saturated heterocycles. The molecule has 1 amide bonds. The van der Waals surface area contributed by atoms with Gasteiger partial charge in [0.05, 0.1) is 19.4 Å². The van der Waals surface area contributed by atoms with Gasteiger partial charge >= 0.3 is 17.9 Å². The molecule has 0 heterocycles. The van der Waals surface area contributed by atoms with Crippen LogP contribution in [0.2, 0.25) is 0 Å². The molecule has 312 valence electrons. The summed E-state index contributed by atoms with van der Waals surface area (Å²) in [5, 5.41) is 14.6. The summed E-state index contributed by atoms with van der Waals surface area (Å²) in [6.07, 6.45) is 12.7. The van der Waals surface area contributed by atoms with Crippen molar-refractivity contribution in [3.05, 3.63) is 42.0 Å². The minimum Gasteiger partial charge on any atom is -0.488 e. The minimum atomic E-state index is -2.67. The summed E-state index contributed by atoms with van der Waals surface area (Å²) < 4.78 is 21.9. The number of hydrogen-bond donors (Lipinski definition) is 2. The van der Waals surface area contributed by atoms with Crippen molar-refractivity contribution in [1.29, 1.82) is 0 Å². The molecule has 1 aromatic rings. The van der Waals surface area contributed by atoms with Gasteiger partial charge in [-0.15, -0.1) is 0 Å². The monoisotopic (exact) mass is 774 g/mol. The molecular weight excluding hydrogens is 702 g/mol. The van der Waals surface area contributed by atoms with Crippen molar-refractivity contribution in [1.82, 2.24) is 5.32 Å². The summed E-state index contributed by atoms with van der Waals surface area (Å²) in [5.41, 5.74) is -4.21. The molecule has 0 bridgehead atoms. The Bertz CT molecular complexity index is 1380. The molecule has 0 aliphatic carbocycles. The molecule has 2 N–H and O–H groups in total. The number of amides is 1. The average Bonchev–Trinajstić information content (AvgIpc) is 3.05. The number of benzene rings is 1. The highest BCUT2D eigenvalue weighted by atomic mass is 16.6. The molecule has 0 fully saturated rings. The third kappa shape index (κ3) is 21.2. The predicted molar refractivity (Wildman–Crippen MR) is 214 cm³/mol. The highest BCUT2D eigenvalue weighted by Gasteiger charge is 2.50. The highest BCUT2D eigenvalue weighted by molar-refractivity contribution is 5.95. The van der Waals surface area contributed by atoms with Crippen molar-refractivity contribution in [2.75, 3.05) is 7.11 Å². The SMILES string of the molecule is CCCCCCCC(=O)CCCCCC/C=C/[C@@H](C(=O)N[C@@H](Cc1ccc(OC(C)(C)C)cc1)C(=O)OC(C)(C)C)[C@@](O)(CC(=O)OC(C)(C)C)C(=O)OC. The van der Waals surface area contributed by atoms with E-state index >= 15 is 0 Å². The van der Waals surface area contributed by atoms with Crippen molar-refractivity contribution in [2.45, 2.75) is 188 Å². The zero-order chi connectivity index (χ0) is 41.9. The number of Topliss-reactive ketones (excluding diaryl/α,β-unsaturated/α-hetero) is 1. The van der Waals surface area contributed by atoms with E-state index in [1.54, 1.807) is 71.9 Å². The molecule has 0 radical (unpaired) electrons. The van der Waals surface area contributed by atoms with Crippen LogP contribution >= 0.6 is 0 Å². The van der Waals surface area contributed by atoms with E-state index in [1.807, 2.05) is 20.8 Å². The normalized spacial score (nSPS) is 14.4. The van der Waals surface area contributed by atoms with Gasteiger partial charge in [0, 0.05) is 19.3 Å². The second-order valence-electron chi connectivity index (χ2n) is 17.4. The standard InChI is InChI=1S/C44H71NO10/c1-12-13-14-17-20-23-33(46)24-21-18-15-16-19-22-25-35(44(51,40(50)52-11)31-37(47)54-42(5,6)7)38(48)45-36(39(49)55-43(8,9)10)30-32-26-28-34(29-27-32)53-41(2,3)4/h22,25-29,35-36,51H,12-21,23-24,30-31H2,1-11H3,(H,45,48)/b25-22+/t35-,36-,44-/m0/s1. The number of aliphatic hydroxyl groups is 1. The van der Waals surface area contributed by atoms with Crippen LogP contribution in [0, 0.1) is 5.92 Å². The molecule has 1 aromatic carbocycles. The second kappa shape index (κ2) is 23.4. The molecule has 0 aliphatic rings. The van der Waals surface area contributed by atoms with E-state index in [0.717, 1.165) is 45.6 Å². The Hall–Kier alpha value is -3.73. The van der Waals surface area contributed by atoms with Gasteiger partial charge in [-0.2, -0.15) is 0 Å². The van der Waals surface area contributed by atoms with Gasteiger partial charge in [0.15, 0.2) is 5.60 Å². The van der Waals surface area contributed by atoms with Crippen LogP contribution in [-0.4, -0.2) is 70.3 Å². The van der Waals surface area contributed by atoms with Crippen molar-refractivity contribution in [3.8, 4) is 5.75 Å². The van der Waals surface area contributed by atoms with E-state index in [9.17, 15) is 29.1 Å². The maximum absolute atomic E-state index is 14.2. The van der Waals surface area contributed by atoms with Gasteiger partial charge in [-0.05, 0) is 106 Å². The van der Waals surface area contributed by atoms with Crippen molar-refractivity contribution < 1.29 is 48.0 Å². The first-order valence-electron chi connectivity index (χ1n) is 20.0. The highest BCUT2D eigenvalue weighted by Crippen LogP contribution is 2.29. The van der Waals surface area contributed by atoms with Gasteiger partial charge in [0.2, 0.25) is 5.91 Å². The molecular formula is C44H71NO10. The Labute approximate surface area is 330 Å². The Morgan fingerprint density at radius 1 is 0.745 bits per heavy atom. The van der Waals surface area contributed by atoms with Crippen LogP contribution in [0.25, 0.3) is 0 Å². The van der Waals surface area contributed by atoms with Crippen LogP contribution in [0.15, 0.2) is 36.4 Å². The molecule has 0 aliphatic heterocycles. The van der Waals surface area contributed by atoms with Crippen LogP contribution in [0.5, 0.6) is 5.75 Å². The van der Waals surface area contributed by atoms with Gasteiger partial charge in [0.25, 0.3) is 0 Å². The Morgan fingerprint density at radius 3 is 1.80 bits per heavy atom. The second-order valence-corrected chi connectivity index (χ2v) is 17.4. The van der Waals surface area contributed by atoms with Crippen LogP contribution in [-0.2, 0) is 44.6 Å². The van der Waals surface area contributed by atoms with Gasteiger partial charge in [-0.3, -0.25) is 14.4 Å². The number of unbranched alkanes of at least 4 members (excludes halogenated alkanes) is 8. The maximum atomic E-state index is 14.2. The maximum Gasteiger partial charge on any atom is 0.339 e. The Morgan fingerprint density at radius 2 is 1.29 bits per heavy atom. The van der Waals surface area contributed by atoms with Gasteiger partial charge < -0.3 is 29.4 Å². The first-order chi connectivity index (χ1) is 25.5. The van der Waals surface area contributed by atoms with Crippen molar-refractivity contribution in [2.24, 2.45) is 5.92 Å². The van der Waals surface area contributed by atoms with Gasteiger partial charge in [-0.25, -0.2) is 9.59 Å². The lowest BCUT2D eigenvalue weighted by atomic mass is 9.82. The van der Waals surface area contributed by atoms with E-state index in [-0.39, 0.29) is 6.42 Å². The van der Waals surface area contributed by atoms with Crippen LogP contribution in [0.4, 0.5) is 0 Å². The Kier molecular flexibility index (Phi) is 20.9. The molecule has 0 unspecified atom stereocenters. The number of ketones is 1. The summed E-state index contributed by atoms with van der Waals surface area (Å²) >= 11 is 0. The fraction of sp³-hybridized carbons (Fsp3) is 0.705. The molecule has 11 heteroatoms. The number of methoxy groups -OCH3 is 1. The summed E-state index contributed by atoms with van der Waals surface area (Å²) in [6, 6.07) is 5.87. The summed E-state index contributed by atoms with van der Waals surface area (Å²) in [4.78, 5) is 66.3. The first kappa shape index (κ1) is 49.3. The summed E-state index contributed by atoms with van der Waals surface area (Å²) in [7, 11) is 1.05. The number of carbonyl (C=O) groups excluding carboxylic acids is 5. The molecule has 11 nitrogen and oxygen atoms in total. The van der Waals surface area contributed by atoms with E-state index in [4.69, 9.17) is 18.9 Å². The van der Waals surface area contributed by atoms with Crippen molar-refractivity contribution in [3.63, 3.8) is 0 Å². The van der Waals surface area contributed by atoms with E-state index in [1.165, 1.54) is 25.3 Å². The summed E-state index contributed by atoms with van der Waals surface area (Å²) in [5.74, 6) is -4.44. The molecule has 3 atom stereocenters. The minimum absolute atomic E-state index is 0.0248. The van der Waals surface area contributed by atoms with E-state index in [2.05, 4.69) is 12.2 Å². The third-order valence-electron chi connectivity index (χ3n) is 8.43. The smallest absolute Gasteiger partial charge is 0.339 e. The first-order valence-corrected chi connectivity index (χ1v) is 20.0. The van der Waals surface area contributed by atoms with Gasteiger partial charge in [0.1, 0.15) is 34.4 Å². The zero-order valence-corrected chi connectivity index (χ0v) is 35.6.